The number of fused-ring (bicyclic) bond motifs is 1. The van der Waals surface area contributed by atoms with Gasteiger partial charge in [-0.25, -0.2) is 4.79 Å². The molecular weight excluding hydrogens is 401 g/mol. The lowest BCUT2D eigenvalue weighted by Crippen LogP contribution is -2.44. The van der Waals surface area contributed by atoms with Crippen molar-refractivity contribution in [3.05, 3.63) is 63.6 Å². The van der Waals surface area contributed by atoms with Crippen LogP contribution in [0.4, 0.5) is 10.5 Å². The highest BCUT2D eigenvalue weighted by Gasteiger charge is 2.50. The van der Waals surface area contributed by atoms with Crippen molar-refractivity contribution in [2.75, 3.05) is 18.0 Å². The second kappa shape index (κ2) is 6.79. The fraction of sp³-hybridized carbons (Fsp3) is 0.250. The van der Waals surface area contributed by atoms with Crippen molar-refractivity contribution in [3.8, 4) is 0 Å². The fourth-order valence-electron chi connectivity index (χ4n) is 3.74. The van der Waals surface area contributed by atoms with Crippen molar-refractivity contribution in [2.24, 2.45) is 0 Å². The lowest BCUT2D eigenvalue weighted by molar-refractivity contribution is -0.134. The van der Waals surface area contributed by atoms with Crippen LogP contribution in [0.1, 0.15) is 18.1 Å². The van der Waals surface area contributed by atoms with Crippen LogP contribution in [0.2, 0.25) is 10.0 Å². The van der Waals surface area contributed by atoms with E-state index in [0.29, 0.717) is 17.1 Å². The molecule has 1 unspecified atom stereocenters. The maximum absolute atomic E-state index is 13.1. The molecule has 144 valence electrons. The van der Waals surface area contributed by atoms with Gasteiger partial charge in [0.15, 0.2) is 0 Å². The predicted octanol–water partition coefficient (Wildman–Crippen LogP) is 3.35. The number of nitrogens with zero attached hydrogens (tertiary/aromatic N) is 2. The lowest BCUT2D eigenvalue weighted by Gasteiger charge is -2.24. The lowest BCUT2D eigenvalue weighted by atomic mass is 9.92. The van der Waals surface area contributed by atoms with Crippen molar-refractivity contribution in [2.45, 2.75) is 18.9 Å². The number of halogens is 2. The number of carbonyl (C=O) groups is 3. The summed E-state index contributed by atoms with van der Waals surface area (Å²) in [5.41, 5.74) is 0.967. The number of amides is 4. The number of benzene rings is 2. The standard InChI is InChI=1S/C20H17Cl2N3O3/c1-20(14-7-6-13(21)10-15(14)22)18(27)25(19(28)23-20)11-17(26)24-9-8-12-4-2-3-5-16(12)24/h2-7,10H,8-9,11H2,1H3,(H,23,28). The molecule has 0 bridgehead atoms. The number of hydrogen-bond donors (Lipinski definition) is 1. The number of para-hydroxylation sites is 1. The summed E-state index contributed by atoms with van der Waals surface area (Å²) in [6.45, 7) is 1.76. The van der Waals surface area contributed by atoms with E-state index in [1.165, 1.54) is 6.07 Å². The van der Waals surface area contributed by atoms with Crippen LogP contribution in [0.3, 0.4) is 0 Å². The van der Waals surface area contributed by atoms with Gasteiger partial charge in [-0.1, -0.05) is 47.5 Å². The van der Waals surface area contributed by atoms with E-state index >= 15 is 0 Å². The van der Waals surface area contributed by atoms with Gasteiger partial charge in [-0.3, -0.25) is 14.5 Å². The van der Waals surface area contributed by atoms with Gasteiger partial charge in [0.1, 0.15) is 12.1 Å². The molecule has 8 heteroatoms. The summed E-state index contributed by atoms with van der Waals surface area (Å²) < 4.78 is 0. The van der Waals surface area contributed by atoms with E-state index < -0.39 is 17.5 Å². The Morgan fingerprint density at radius 1 is 1.18 bits per heavy atom. The minimum absolute atomic E-state index is 0.269. The highest BCUT2D eigenvalue weighted by molar-refractivity contribution is 6.35. The van der Waals surface area contributed by atoms with Crippen molar-refractivity contribution in [1.29, 1.82) is 0 Å². The van der Waals surface area contributed by atoms with Crippen molar-refractivity contribution in [1.82, 2.24) is 10.2 Å². The summed E-state index contributed by atoms with van der Waals surface area (Å²) in [5.74, 6) is -0.831. The van der Waals surface area contributed by atoms with Gasteiger partial charge in [0, 0.05) is 27.8 Å². The highest BCUT2D eigenvalue weighted by atomic mass is 35.5. The van der Waals surface area contributed by atoms with Gasteiger partial charge in [-0.15, -0.1) is 0 Å². The number of hydrogen-bond acceptors (Lipinski definition) is 3. The molecule has 1 saturated heterocycles. The molecule has 0 radical (unpaired) electrons. The molecule has 4 rings (SSSR count). The fourth-order valence-corrected chi connectivity index (χ4v) is 4.33. The Hall–Kier alpha value is -2.57. The van der Waals surface area contributed by atoms with Crippen molar-refractivity contribution < 1.29 is 14.4 Å². The zero-order valence-corrected chi connectivity index (χ0v) is 16.5. The molecule has 6 nitrogen and oxygen atoms in total. The normalized spacial score (nSPS) is 21.1. The van der Waals surface area contributed by atoms with Gasteiger partial charge >= 0.3 is 6.03 Å². The van der Waals surface area contributed by atoms with Crippen LogP contribution in [-0.4, -0.2) is 35.8 Å². The SMILES string of the molecule is CC1(c2ccc(Cl)cc2Cl)NC(=O)N(CC(=O)N2CCc3ccccc32)C1=O. The molecule has 0 aromatic heterocycles. The Kier molecular flexibility index (Phi) is 4.56. The maximum atomic E-state index is 13.1. The zero-order chi connectivity index (χ0) is 20.1. The number of urea groups is 1. The van der Waals surface area contributed by atoms with Crippen LogP contribution in [0, 0.1) is 0 Å². The molecule has 2 aromatic rings. The number of anilines is 1. The van der Waals surface area contributed by atoms with Gasteiger partial charge in [0.2, 0.25) is 5.91 Å². The third-order valence-corrected chi connectivity index (χ3v) is 5.77. The summed E-state index contributed by atoms with van der Waals surface area (Å²) in [6, 6.07) is 11.7. The van der Waals surface area contributed by atoms with E-state index in [2.05, 4.69) is 5.32 Å². The minimum atomic E-state index is -1.36. The van der Waals surface area contributed by atoms with Gasteiger partial charge in [-0.2, -0.15) is 0 Å². The molecule has 2 aliphatic rings. The van der Waals surface area contributed by atoms with Crippen LogP contribution in [0.5, 0.6) is 0 Å². The molecule has 1 N–H and O–H groups in total. The Balaban J connectivity index is 1.57. The van der Waals surface area contributed by atoms with Crippen LogP contribution in [-0.2, 0) is 21.5 Å². The Labute approximate surface area is 172 Å². The second-order valence-corrected chi connectivity index (χ2v) is 7.84. The van der Waals surface area contributed by atoms with Crippen molar-refractivity contribution in [3.63, 3.8) is 0 Å². The Morgan fingerprint density at radius 2 is 1.93 bits per heavy atom. The van der Waals surface area contributed by atoms with E-state index in [9.17, 15) is 14.4 Å². The van der Waals surface area contributed by atoms with Crippen LogP contribution in [0.15, 0.2) is 42.5 Å². The summed E-state index contributed by atoms with van der Waals surface area (Å²) in [6.07, 6.45) is 0.750. The molecule has 2 aromatic carbocycles. The smallest absolute Gasteiger partial charge is 0.319 e. The van der Waals surface area contributed by atoms with E-state index in [0.717, 1.165) is 22.6 Å². The number of nitrogens with one attached hydrogen (secondary N) is 1. The summed E-state index contributed by atoms with van der Waals surface area (Å²) in [5, 5.41) is 3.35. The first-order valence-corrected chi connectivity index (χ1v) is 9.55. The molecule has 4 amide bonds. The van der Waals surface area contributed by atoms with E-state index in [1.807, 2.05) is 24.3 Å². The minimum Gasteiger partial charge on any atom is -0.319 e. The third-order valence-electron chi connectivity index (χ3n) is 5.23. The van der Waals surface area contributed by atoms with Gasteiger partial charge in [0.25, 0.3) is 5.91 Å². The number of carbonyl (C=O) groups excluding carboxylic acids is 3. The van der Waals surface area contributed by atoms with Gasteiger partial charge < -0.3 is 10.2 Å². The first-order chi connectivity index (χ1) is 13.3. The first kappa shape index (κ1) is 18.8. The largest absolute Gasteiger partial charge is 0.325 e. The average molecular weight is 418 g/mol. The molecule has 0 saturated carbocycles. The van der Waals surface area contributed by atoms with E-state index in [4.69, 9.17) is 23.2 Å². The maximum Gasteiger partial charge on any atom is 0.325 e. The molecule has 1 fully saturated rings. The quantitative estimate of drug-likeness (QED) is 0.778. The number of imide groups is 1. The molecule has 1 atom stereocenters. The monoisotopic (exact) mass is 417 g/mol. The predicted molar refractivity (Wildman–Crippen MR) is 107 cm³/mol. The first-order valence-electron chi connectivity index (χ1n) is 8.79. The highest BCUT2D eigenvalue weighted by Crippen LogP contribution is 2.35. The molecule has 2 heterocycles. The molecule has 0 spiro atoms. The molecule has 0 aliphatic carbocycles. The van der Waals surface area contributed by atoms with Crippen molar-refractivity contribution >= 4 is 46.7 Å². The van der Waals surface area contributed by atoms with E-state index in [-0.39, 0.29) is 17.5 Å². The molecule has 2 aliphatic heterocycles. The summed E-state index contributed by atoms with van der Waals surface area (Å²) in [4.78, 5) is 40.9. The topological polar surface area (TPSA) is 69.7 Å². The summed E-state index contributed by atoms with van der Waals surface area (Å²) >= 11 is 12.2. The van der Waals surface area contributed by atoms with Crippen LogP contribution >= 0.6 is 23.2 Å². The molecular formula is C20H17Cl2N3O3. The molecule has 28 heavy (non-hydrogen) atoms. The third kappa shape index (κ3) is 2.93. The average Bonchev–Trinajstić information content (AvgIpc) is 3.17. The summed E-state index contributed by atoms with van der Waals surface area (Å²) in [7, 11) is 0. The zero-order valence-electron chi connectivity index (χ0n) is 15.0. The van der Waals surface area contributed by atoms with Crippen LogP contribution in [0.25, 0.3) is 0 Å². The van der Waals surface area contributed by atoms with Gasteiger partial charge in [-0.05, 0) is 37.1 Å². The Bertz CT molecular complexity index is 1010. The number of rotatable bonds is 3. The Morgan fingerprint density at radius 3 is 2.68 bits per heavy atom. The van der Waals surface area contributed by atoms with E-state index in [1.54, 1.807) is 24.0 Å². The van der Waals surface area contributed by atoms with Gasteiger partial charge in [0.05, 0.1) is 0 Å². The van der Waals surface area contributed by atoms with Crippen LogP contribution < -0.4 is 10.2 Å². The second-order valence-electron chi connectivity index (χ2n) is 6.99.